The number of likely N-dealkylation sites (N-methyl/N-ethyl adjacent to an activating group) is 3. The van der Waals surface area contributed by atoms with Crippen LogP contribution in [0.5, 0.6) is 0 Å². The van der Waals surface area contributed by atoms with Gasteiger partial charge in [-0.25, -0.2) is 0 Å². The molecule has 0 aromatic heterocycles. The molecule has 0 rings (SSSR count). The van der Waals surface area contributed by atoms with Gasteiger partial charge in [-0.1, -0.05) is 0 Å². The number of nitrogens with zero attached hydrogens (tertiary/aromatic N) is 3. The lowest BCUT2D eigenvalue weighted by molar-refractivity contribution is 0.0532. The van der Waals surface area contributed by atoms with Gasteiger partial charge in [0.05, 0.1) is 19.8 Å². The maximum absolute atomic E-state index is 5.92. The van der Waals surface area contributed by atoms with Crippen molar-refractivity contribution in [3.63, 3.8) is 0 Å². The second-order valence-electron chi connectivity index (χ2n) is 5.82. The van der Waals surface area contributed by atoms with Gasteiger partial charge < -0.3 is 28.0 Å². The van der Waals surface area contributed by atoms with Crippen molar-refractivity contribution >= 4 is 8.80 Å². The van der Waals surface area contributed by atoms with Crippen LogP contribution in [0.2, 0.25) is 6.55 Å². The van der Waals surface area contributed by atoms with E-state index in [2.05, 4.69) is 14.7 Å². The molecule has 7 heteroatoms. The molecule has 0 saturated carbocycles. The summed E-state index contributed by atoms with van der Waals surface area (Å²) in [6.45, 7) is 6.51. The molecule has 0 spiro atoms. The zero-order valence-electron chi connectivity index (χ0n) is 14.3. The quantitative estimate of drug-likeness (QED) is 0.483. The van der Waals surface area contributed by atoms with Crippen LogP contribution < -0.4 is 0 Å². The van der Waals surface area contributed by atoms with Gasteiger partial charge in [-0.2, -0.15) is 0 Å². The molecule has 0 N–H and O–H groups in total. The van der Waals surface area contributed by atoms with Crippen LogP contribution in [0.4, 0.5) is 0 Å². The average molecular weight is 308 g/mol. The second kappa shape index (κ2) is 10.7. The summed E-state index contributed by atoms with van der Waals surface area (Å²) in [6, 6.07) is 0. The standard InChI is InChI=1S/C13H33N3O3Si/c1-14(2)8-11-17-20(7,18-12-9-15(3)4)19-13-10-16(5)6/h8-13H2,1-7H3. The first-order valence-corrected chi connectivity index (χ1v) is 9.34. The third-order valence-corrected chi connectivity index (χ3v) is 4.89. The van der Waals surface area contributed by atoms with E-state index in [0.717, 1.165) is 19.6 Å². The van der Waals surface area contributed by atoms with E-state index in [1.165, 1.54) is 0 Å². The van der Waals surface area contributed by atoms with Crippen LogP contribution in [0.15, 0.2) is 0 Å². The first-order chi connectivity index (χ1) is 9.25. The van der Waals surface area contributed by atoms with Gasteiger partial charge in [0, 0.05) is 26.2 Å². The molecule has 0 saturated heterocycles. The summed E-state index contributed by atoms with van der Waals surface area (Å²) in [7, 11) is 9.65. The first-order valence-electron chi connectivity index (χ1n) is 7.11. The molecule has 0 amide bonds. The Morgan fingerprint density at radius 1 is 0.600 bits per heavy atom. The van der Waals surface area contributed by atoms with E-state index < -0.39 is 8.80 Å². The smallest absolute Gasteiger partial charge is 0.372 e. The number of hydrogen-bond acceptors (Lipinski definition) is 6. The van der Waals surface area contributed by atoms with Crippen molar-refractivity contribution in [2.75, 3.05) is 81.7 Å². The molecule has 0 heterocycles. The van der Waals surface area contributed by atoms with Crippen molar-refractivity contribution < 1.29 is 13.3 Å². The van der Waals surface area contributed by atoms with Gasteiger partial charge >= 0.3 is 8.80 Å². The molecule has 0 atom stereocenters. The van der Waals surface area contributed by atoms with E-state index in [-0.39, 0.29) is 0 Å². The molecule has 0 aromatic carbocycles. The topological polar surface area (TPSA) is 37.4 Å². The van der Waals surface area contributed by atoms with Crippen molar-refractivity contribution in [2.24, 2.45) is 0 Å². The van der Waals surface area contributed by atoms with Crippen LogP contribution in [-0.2, 0) is 13.3 Å². The summed E-state index contributed by atoms with van der Waals surface area (Å²) in [5.41, 5.74) is 0. The van der Waals surface area contributed by atoms with E-state index >= 15 is 0 Å². The fraction of sp³-hybridized carbons (Fsp3) is 1.00. The zero-order valence-corrected chi connectivity index (χ0v) is 15.3. The molecule has 0 radical (unpaired) electrons. The minimum absolute atomic E-state index is 0.639. The van der Waals surface area contributed by atoms with Gasteiger partial charge in [0.2, 0.25) is 0 Å². The van der Waals surface area contributed by atoms with Crippen LogP contribution >= 0.6 is 0 Å². The van der Waals surface area contributed by atoms with Gasteiger partial charge in [0.15, 0.2) is 0 Å². The maximum atomic E-state index is 5.92. The highest BCUT2D eigenvalue weighted by molar-refractivity contribution is 6.59. The Morgan fingerprint density at radius 3 is 1.05 bits per heavy atom. The third-order valence-electron chi connectivity index (χ3n) is 2.71. The second-order valence-corrected chi connectivity index (χ2v) is 8.41. The molecule has 0 aliphatic rings. The van der Waals surface area contributed by atoms with Crippen LogP contribution in [0.3, 0.4) is 0 Å². The zero-order chi connectivity index (χ0) is 15.6. The van der Waals surface area contributed by atoms with E-state index in [4.69, 9.17) is 13.3 Å². The lowest BCUT2D eigenvalue weighted by Crippen LogP contribution is -2.46. The maximum Gasteiger partial charge on any atom is 0.497 e. The molecule has 6 nitrogen and oxygen atoms in total. The Morgan fingerprint density at radius 2 is 0.850 bits per heavy atom. The highest BCUT2D eigenvalue weighted by Gasteiger charge is 2.34. The Kier molecular flexibility index (Phi) is 10.7. The van der Waals surface area contributed by atoms with Gasteiger partial charge in [0.25, 0.3) is 0 Å². The summed E-state index contributed by atoms with van der Waals surface area (Å²) in [5, 5.41) is 0. The van der Waals surface area contributed by atoms with Gasteiger partial charge in [-0.3, -0.25) is 0 Å². The SMILES string of the molecule is CN(C)CCO[Si](C)(OCCN(C)C)OCCN(C)C. The predicted molar refractivity (Wildman–Crippen MR) is 85.1 cm³/mol. The Labute approximate surface area is 125 Å². The minimum atomic E-state index is -2.53. The van der Waals surface area contributed by atoms with Crippen LogP contribution in [0.25, 0.3) is 0 Å². The van der Waals surface area contributed by atoms with Crippen LogP contribution in [0.1, 0.15) is 0 Å². The first kappa shape index (κ1) is 20.0. The van der Waals surface area contributed by atoms with Crippen LogP contribution in [-0.4, -0.2) is 105 Å². The van der Waals surface area contributed by atoms with Crippen molar-refractivity contribution in [2.45, 2.75) is 6.55 Å². The van der Waals surface area contributed by atoms with E-state index in [1.807, 2.05) is 48.8 Å². The molecular formula is C13H33N3O3Si. The minimum Gasteiger partial charge on any atom is -0.372 e. The van der Waals surface area contributed by atoms with Crippen molar-refractivity contribution in [3.8, 4) is 0 Å². The molecule has 0 aromatic rings. The molecule has 0 bridgehead atoms. The largest absolute Gasteiger partial charge is 0.497 e. The molecule has 0 aliphatic heterocycles. The average Bonchev–Trinajstić information content (AvgIpc) is 2.27. The van der Waals surface area contributed by atoms with E-state index in [9.17, 15) is 0 Å². The van der Waals surface area contributed by atoms with Crippen LogP contribution in [0, 0.1) is 0 Å². The fourth-order valence-electron chi connectivity index (χ4n) is 1.37. The third kappa shape index (κ3) is 11.8. The van der Waals surface area contributed by atoms with Crippen molar-refractivity contribution in [1.82, 2.24) is 14.7 Å². The molecule has 122 valence electrons. The summed E-state index contributed by atoms with van der Waals surface area (Å²) in [4.78, 5) is 6.28. The molecule has 20 heavy (non-hydrogen) atoms. The van der Waals surface area contributed by atoms with E-state index in [1.54, 1.807) is 0 Å². The molecule has 0 unspecified atom stereocenters. The summed E-state index contributed by atoms with van der Waals surface area (Å²) in [5.74, 6) is 0. The highest BCUT2D eigenvalue weighted by atomic mass is 28.4. The van der Waals surface area contributed by atoms with Gasteiger partial charge in [-0.15, -0.1) is 0 Å². The van der Waals surface area contributed by atoms with Crippen molar-refractivity contribution in [1.29, 1.82) is 0 Å². The summed E-state index contributed by atoms with van der Waals surface area (Å²) >= 11 is 0. The Hall–Kier alpha value is -0.0231. The Balaban J connectivity index is 4.18. The lowest BCUT2D eigenvalue weighted by Gasteiger charge is -2.28. The summed E-state index contributed by atoms with van der Waals surface area (Å²) in [6.07, 6.45) is 0. The van der Waals surface area contributed by atoms with Crippen molar-refractivity contribution in [3.05, 3.63) is 0 Å². The number of hydrogen-bond donors (Lipinski definition) is 0. The Bertz CT molecular complexity index is 205. The lowest BCUT2D eigenvalue weighted by atomic mass is 10.6. The van der Waals surface area contributed by atoms with Gasteiger partial charge in [0.1, 0.15) is 0 Å². The molecular weight excluding hydrogens is 274 g/mol. The molecule has 0 fully saturated rings. The predicted octanol–water partition coefficient (Wildman–Crippen LogP) is 0.290. The summed E-state index contributed by atoms with van der Waals surface area (Å²) < 4.78 is 17.8. The normalized spacial score (nSPS) is 12.9. The number of rotatable bonds is 12. The fourth-order valence-corrected chi connectivity index (χ4v) is 3.00. The monoisotopic (exact) mass is 307 g/mol. The molecule has 0 aliphatic carbocycles. The van der Waals surface area contributed by atoms with Gasteiger partial charge in [-0.05, 0) is 42.3 Å². The highest BCUT2D eigenvalue weighted by Crippen LogP contribution is 2.09. The van der Waals surface area contributed by atoms with E-state index in [0.29, 0.717) is 19.8 Å².